The van der Waals surface area contributed by atoms with Crippen LogP contribution in [0.4, 0.5) is 0 Å². The number of aliphatic hydroxyl groups excluding tert-OH is 2. The van der Waals surface area contributed by atoms with Crippen molar-refractivity contribution in [2.24, 2.45) is 23.2 Å². The summed E-state index contributed by atoms with van der Waals surface area (Å²) in [7, 11) is 0. The molecular formula is C26H42O2. The predicted molar refractivity (Wildman–Crippen MR) is 118 cm³/mol. The third-order valence-corrected chi connectivity index (χ3v) is 8.29. The third kappa shape index (κ3) is 4.49. The summed E-state index contributed by atoms with van der Waals surface area (Å²) >= 11 is 0. The number of hydrogen-bond donors (Lipinski definition) is 2. The van der Waals surface area contributed by atoms with Crippen LogP contribution in [0.3, 0.4) is 0 Å². The van der Waals surface area contributed by atoms with Gasteiger partial charge in [-0.2, -0.15) is 0 Å². The van der Waals surface area contributed by atoms with Gasteiger partial charge in [-0.1, -0.05) is 76.3 Å². The van der Waals surface area contributed by atoms with Crippen molar-refractivity contribution >= 4 is 0 Å². The Hall–Kier alpha value is -0.860. The molecule has 3 saturated carbocycles. The Morgan fingerprint density at radius 3 is 2.54 bits per heavy atom. The van der Waals surface area contributed by atoms with Gasteiger partial charge in [-0.05, 0) is 73.7 Å². The third-order valence-electron chi connectivity index (χ3n) is 8.29. The first-order valence-electron chi connectivity index (χ1n) is 11.8. The maximum Gasteiger partial charge on any atom is 0.0809 e. The second-order valence-electron chi connectivity index (χ2n) is 10.2. The maximum absolute atomic E-state index is 10.1. The molecule has 3 aliphatic carbocycles. The van der Waals surface area contributed by atoms with Gasteiger partial charge in [0.1, 0.15) is 0 Å². The molecule has 158 valence electrons. The molecule has 3 fully saturated rings. The first-order chi connectivity index (χ1) is 13.4. The molecule has 0 spiro atoms. The van der Waals surface area contributed by atoms with Gasteiger partial charge < -0.3 is 10.2 Å². The molecule has 0 bridgehead atoms. The molecule has 0 heterocycles. The van der Waals surface area contributed by atoms with Crippen molar-refractivity contribution in [3.05, 3.63) is 35.5 Å². The number of aliphatic hydroxyl groups is 2. The smallest absolute Gasteiger partial charge is 0.0809 e. The van der Waals surface area contributed by atoms with Gasteiger partial charge in [-0.15, -0.1) is 0 Å². The first kappa shape index (κ1) is 21.8. The lowest BCUT2D eigenvalue weighted by atomic mass is 9.60. The Bertz CT molecular complexity index is 600. The molecule has 0 amide bonds. The fourth-order valence-corrected chi connectivity index (χ4v) is 6.56. The van der Waals surface area contributed by atoms with Crippen LogP contribution in [0.5, 0.6) is 0 Å². The van der Waals surface area contributed by atoms with E-state index >= 15 is 0 Å². The normalized spacial score (nSPS) is 38.5. The van der Waals surface area contributed by atoms with Gasteiger partial charge in [-0.25, -0.2) is 0 Å². The highest BCUT2D eigenvalue weighted by Crippen LogP contribution is 2.59. The monoisotopic (exact) mass is 386 g/mol. The van der Waals surface area contributed by atoms with Crippen LogP contribution in [-0.2, 0) is 0 Å². The Morgan fingerprint density at radius 1 is 1.14 bits per heavy atom. The summed E-state index contributed by atoms with van der Waals surface area (Å²) in [5.41, 5.74) is 3.83. The van der Waals surface area contributed by atoms with E-state index in [1.165, 1.54) is 57.8 Å². The van der Waals surface area contributed by atoms with E-state index in [2.05, 4.69) is 39.5 Å². The molecule has 28 heavy (non-hydrogen) atoms. The van der Waals surface area contributed by atoms with Crippen molar-refractivity contribution in [2.75, 3.05) is 0 Å². The molecule has 6 atom stereocenters. The number of fused-ring (bicyclic) bond motifs is 1. The lowest BCUT2D eigenvalue weighted by molar-refractivity contribution is 0.0932. The Balaban J connectivity index is 1.70. The number of hydrogen-bond acceptors (Lipinski definition) is 2. The highest BCUT2D eigenvalue weighted by Gasteiger charge is 2.50. The van der Waals surface area contributed by atoms with Gasteiger partial charge >= 0.3 is 0 Å². The van der Waals surface area contributed by atoms with E-state index in [0.29, 0.717) is 23.8 Å². The van der Waals surface area contributed by atoms with E-state index in [1.807, 2.05) is 0 Å². The zero-order valence-corrected chi connectivity index (χ0v) is 18.4. The average molecular weight is 387 g/mol. The molecule has 0 aromatic rings. The van der Waals surface area contributed by atoms with Crippen LogP contribution in [0, 0.1) is 23.2 Å². The molecule has 2 N–H and O–H groups in total. The minimum Gasteiger partial charge on any atom is -0.388 e. The highest BCUT2D eigenvalue weighted by atomic mass is 16.3. The Morgan fingerprint density at radius 2 is 1.86 bits per heavy atom. The minimum atomic E-state index is -0.593. The van der Waals surface area contributed by atoms with Crippen molar-refractivity contribution in [2.45, 2.75) is 104 Å². The summed E-state index contributed by atoms with van der Waals surface area (Å²) in [5, 5.41) is 20.2. The van der Waals surface area contributed by atoms with Crippen molar-refractivity contribution in [1.29, 1.82) is 0 Å². The van der Waals surface area contributed by atoms with Gasteiger partial charge in [0.25, 0.3) is 0 Å². The molecule has 2 unspecified atom stereocenters. The maximum atomic E-state index is 10.1. The molecular weight excluding hydrogens is 344 g/mol. The lowest BCUT2D eigenvalue weighted by Crippen LogP contribution is -2.36. The van der Waals surface area contributed by atoms with Crippen LogP contribution in [0.1, 0.15) is 91.4 Å². The van der Waals surface area contributed by atoms with Crippen LogP contribution in [0.25, 0.3) is 0 Å². The van der Waals surface area contributed by atoms with Gasteiger partial charge in [0, 0.05) is 0 Å². The predicted octanol–water partition coefficient (Wildman–Crippen LogP) is 6.34. The molecule has 0 saturated heterocycles. The summed E-state index contributed by atoms with van der Waals surface area (Å²) in [6.45, 7) is 11.2. The van der Waals surface area contributed by atoms with Gasteiger partial charge in [0.05, 0.1) is 12.2 Å². The number of allylic oxidation sites excluding steroid dienone is 3. The highest BCUT2D eigenvalue weighted by molar-refractivity contribution is 5.29. The zero-order valence-electron chi connectivity index (χ0n) is 18.4. The molecule has 0 radical (unpaired) electrons. The van der Waals surface area contributed by atoms with E-state index in [1.54, 1.807) is 5.57 Å². The van der Waals surface area contributed by atoms with Gasteiger partial charge in [0.2, 0.25) is 0 Å². The molecule has 0 aromatic carbocycles. The van der Waals surface area contributed by atoms with Crippen LogP contribution in [0.2, 0.25) is 0 Å². The first-order valence-corrected chi connectivity index (χ1v) is 11.8. The quantitative estimate of drug-likeness (QED) is 0.413. The van der Waals surface area contributed by atoms with Crippen molar-refractivity contribution in [1.82, 2.24) is 0 Å². The van der Waals surface area contributed by atoms with E-state index in [0.717, 1.165) is 23.3 Å². The average Bonchev–Trinajstić information content (AvgIpc) is 3.02. The zero-order chi connectivity index (χ0) is 20.3. The molecule has 2 nitrogen and oxygen atoms in total. The summed E-state index contributed by atoms with van der Waals surface area (Å²) < 4.78 is 0. The van der Waals surface area contributed by atoms with Crippen LogP contribution < -0.4 is 0 Å². The fourth-order valence-electron chi connectivity index (χ4n) is 6.56. The van der Waals surface area contributed by atoms with Crippen molar-refractivity contribution in [3.8, 4) is 0 Å². The second kappa shape index (κ2) is 9.30. The number of unbranched alkanes of at least 4 members (excludes halogenated alkanes) is 2. The molecule has 0 aliphatic heterocycles. The Kier molecular flexibility index (Phi) is 7.26. The summed E-state index contributed by atoms with van der Waals surface area (Å²) in [4.78, 5) is 0. The summed E-state index contributed by atoms with van der Waals surface area (Å²) in [6.07, 6.45) is 16.7. The standard InChI is InChI=1S/C26H42O2/c1-5-6-7-9-18(2)22-13-14-23-21(10-8-15-26(22,23)4)12-11-20-16-24(27)19(3)25(28)17-20/h11-12,18,22-25,27-28H,3,5-10,13-17H2,1-2,4H3/b21-12+/t18-,22?,23?,24-,25-,26-/m1/s1. The second-order valence-corrected chi connectivity index (χ2v) is 10.2. The van der Waals surface area contributed by atoms with Crippen LogP contribution >= 0.6 is 0 Å². The van der Waals surface area contributed by atoms with Crippen LogP contribution in [0.15, 0.2) is 35.5 Å². The topological polar surface area (TPSA) is 40.5 Å². The van der Waals surface area contributed by atoms with E-state index in [9.17, 15) is 10.2 Å². The van der Waals surface area contributed by atoms with Gasteiger partial charge in [0.15, 0.2) is 0 Å². The van der Waals surface area contributed by atoms with Crippen molar-refractivity contribution < 1.29 is 10.2 Å². The van der Waals surface area contributed by atoms with E-state index < -0.39 is 12.2 Å². The number of rotatable bonds is 6. The van der Waals surface area contributed by atoms with E-state index in [4.69, 9.17) is 0 Å². The summed E-state index contributed by atoms with van der Waals surface area (Å²) in [6, 6.07) is 0. The molecule has 3 rings (SSSR count). The van der Waals surface area contributed by atoms with Crippen molar-refractivity contribution in [3.63, 3.8) is 0 Å². The lowest BCUT2D eigenvalue weighted by Gasteiger charge is -2.44. The van der Waals surface area contributed by atoms with Gasteiger partial charge in [-0.3, -0.25) is 0 Å². The molecule has 3 aliphatic rings. The molecule has 0 aromatic heterocycles. The van der Waals surface area contributed by atoms with Crippen LogP contribution in [-0.4, -0.2) is 22.4 Å². The van der Waals surface area contributed by atoms with E-state index in [-0.39, 0.29) is 0 Å². The minimum absolute atomic E-state index is 0.466. The largest absolute Gasteiger partial charge is 0.388 e. The Labute approximate surface area is 172 Å². The SMILES string of the molecule is C=C1[C@H](O)CC(=C/C=C2\CCC[C@@]3(C)C2CCC3[C@H](C)CCCCC)C[C@H]1O. The molecule has 2 heteroatoms. The fraction of sp³-hybridized carbons (Fsp3) is 0.769. The summed E-state index contributed by atoms with van der Waals surface area (Å²) in [5.74, 6) is 2.44.